The Balaban J connectivity index is 1.84. The number of rotatable bonds is 3. The van der Waals surface area contributed by atoms with Gasteiger partial charge in [-0.15, -0.1) is 0 Å². The molecule has 2 aromatic heterocycles. The first-order chi connectivity index (χ1) is 10.9. The van der Waals surface area contributed by atoms with Crippen molar-refractivity contribution in [2.45, 2.75) is 6.42 Å². The van der Waals surface area contributed by atoms with E-state index in [9.17, 15) is 0 Å². The molecule has 4 rings (SSSR count). The third kappa shape index (κ3) is 2.00. The van der Waals surface area contributed by atoms with Gasteiger partial charge in [0.25, 0.3) is 0 Å². The number of benzene rings is 1. The van der Waals surface area contributed by atoms with Gasteiger partial charge in [-0.3, -0.25) is 9.97 Å². The summed E-state index contributed by atoms with van der Waals surface area (Å²) in [6.07, 6.45) is 6.05. The number of nitrogens with zero attached hydrogens (tertiary/aromatic N) is 4. The van der Waals surface area contributed by atoms with Gasteiger partial charge in [0.2, 0.25) is 0 Å². The van der Waals surface area contributed by atoms with Gasteiger partial charge in [0.15, 0.2) is 0 Å². The predicted molar refractivity (Wildman–Crippen MR) is 83.3 cm³/mol. The van der Waals surface area contributed by atoms with Crippen LogP contribution in [-0.2, 0) is 6.42 Å². The first-order valence-corrected chi connectivity index (χ1v) is 7.13. The van der Waals surface area contributed by atoms with Crippen molar-refractivity contribution >= 4 is 5.82 Å². The molecule has 0 saturated heterocycles. The first kappa shape index (κ1) is 12.8. The monoisotopic (exact) mass is 293 g/mol. The Morgan fingerprint density at radius 3 is 2.77 bits per heavy atom. The van der Waals surface area contributed by atoms with Crippen LogP contribution in [-0.4, -0.2) is 33.4 Å². The van der Waals surface area contributed by atoms with Gasteiger partial charge in [0.1, 0.15) is 23.0 Å². The molecule has 22 heavy (non-hydrogen) atoms. The maximum Gasteiger partial charge on any atom is 0.133 e. The summed E-state index contributed by atoms with van der Waals surface area (Å²) in [5.41, 5.74) is 3.87. The average molecular weight is 293 g/mol. The molecule has 1 aliphatic rings. The van der Waals surface area contributed by atoms with Crippen molar-refractivity contribution in [3.05, 3.63) is 48.4 Å². The number of nitrogens with one attached hydrogen (secondary N) is 1. The SMILES string of the molecule is COc1ccc(-n2nc(-c3cnccn3)c3c2NCC3)cc1. The van der Waals surface area contributed by atoms with E-state index in [1.807, 2.05) is 28.9 Å². The molecule has 0 fully saturated rings. The Morgan fingerprint density at radius 1 is 1.18 bits per heavy atom. The largest absolute Gasteiger partial charge is 0.497 e. The molecule has 0 amide bonds. The third-order valence-corrected chi connectivity index (χ3v) is 3.77. The fraction of sp³-hybridized carbons (Fsp3) is 0.188. The van der Waals surface area contributed by atoms with Crippen molar-refractivity contribution in [2.75, 3.05) is 19.0 Å². The summed E-state index contributed by atoms with van der Waals surface area (Å²) in [6.45, 7) is 0.913. The summed E-state index contributed by atoms with van der Waals surface area (Å²) in [5, 5.41) is 8.15. The Labute approximate surface area is 127 Å². The Hall–Kier alpha value is -2.89. The topological polar surface area (TPSA) is 64.9 Å². The lowest BCUT2D eigenvalue weighted by Gasteiger charge is -2.07. The molecule has 0 atom stereocenters. The average Bonchev–Trinajstić information content (AvgIpc) is 3.18. The number of hydrogen-bond acceptors (Lipinski definition) is 5. The van der Waals surface area contributed by atoms with Crippen molar-refractivity contribution in [2.24, 2.45) is 0 Å². The second-order valence-corrected chi connectivity index (χ2v) is 5.05. The Bertz CT molecular complexity index is 795. The van der Waals surface area contributed by atoms with Crippen LogP contribution in [0, 0.1) is 0 Å². The summed E-state index contributed by atoms with van der Waals surface area (Å²) >= 11 is 0. The van der Waals surface area contributed by atoms with E-state index in [4.69, 9.17) is 9.84 Å². The highest BCUT2D eigenvalue weighted by Gasteiger charge is 2.24. The lowest BCUT2D eigenvalue weighted by molar-refractivity contribution is 0.414. The number of hydrogen-bond donors (Lipinski definition) is 1. The highest BCUT2D eigenvalue weighted by atomic mass is 16.5. The molecule has 3 heterocycles. The van der Waals surface area contributed by atoms with Crippen molar-refractivity contribution in [1.82, 2.24) is 19.7 Å². The minimum atomic E-state index is 0.801. The van der Waals surface area contributed by atoms with Crippen molar-refractivity contribution in [3.63, 3.8) is 0 Å². The molecule has 1 aliphatic heterocycles. The minimum Gasteiger partial charge on any atom is -0.497 e. The number of methoxy groups -OCH3 is 1. The highest BCUT2D eigenvalue weighted by molar-refractivity contribution is 5.70. The second-order valence-electron chi connectivity index (χ2n) is 5.05. The molecule has 0 bridgehead atoms. The Kier molecular flexibility index (Phi) is 3.00. The molecule has 6 heteroatoms. The summed E-state index contributed by atoms with van der Waals surface area (Å²) in [6, 6.07) is 7.85. The summed E-state index contributed by atoms with van der Waals surface area (Å²) in [5.74, 6) is 1.86. The van der Waals surface area contributed by atoms with E-state index >= 15 is 0 Å². The quantitative estimate of drug-likeness (QED) is 0.802. The molecule has 6 nitrogen and oxygen atoms in total. The minimum absolute atomic E-state index is 0.801. The number of anilines is 1. The standard InChI is InChI=1S/C16H15N5O/c1-22-12-4-2-11(3-5-12)21-16-13(6-7-19-16)15(20-21)14-10-17-8-9-18-14/h2-5,8-10,19H,6-7H2,1H3. The van der Waals surface area contributed by atoms with E-state index in [0.717, 1.165) is 41.6 Å². The second kappa shape index (κ2) is 5.14. The fourth-order valence-electron chi connectivity index (χ4n) is 2.71. The summed E-state index contributed by atoms with van der Waals surface area (Å²) in [4.78, 5) is 8.52. The van der Waals surface area contributed by atoms with Crippen LogP contribution in [0.1, 0.15) is 5.56 Å². The fourth-order valence-corrected chi connectivity index (χ4v) is 2.71. The first-order valence-electron chi connectivity index (χ1n) is 7.13. The number of fused-ring (bicyclic) bond motifs is 1. The van der Waals surface area contributed by atoms with Crippen molar-refractivity contribution in [1.29, 1.82) is 0 Å². The molecule has 110 valence electrons. The maximum absolute atomic E-state index is 5.21. The molecule has 0 radical (unpaired) electrons. The van der Waals surface area contributed by atoms with Crippen LogP contribution in [0.25, 0.3) is 17.1 Å². The number of aromatic nitrogens is 4. The zero-order valence-corrected chi connectivity index (χ0v) is 12.2. The molecule has 0 saturated carbocycles. The molecule has 3 aromatic rings. The lowest BCUT2D eigenvalue weighted by Crippen LogP contribution is -2.04. The van der Waals surface area contributed by atoms with Gasteiger partial charge in [0, 0.05) is 24.5 Å². The molecule has 1 aromatic carbocycles. The van der Waals surface area contributed by atoms with E-state index in [0.29, 0.717) is 0 Å². The van der Waals surface area contributed by atoms with Gasteiger partial charge in [-0.1, -0.05) is 0 Å². The van der Waals surface area contributed by atoms with Crippen LogP contribution in [0.5, 0.6) is 5.75 Å². The molecule has 0 aliphatic carbocycles. The van der Waals surface area contributed by atoms with Gasteiger partial charge < -0.3 is 10.1 Å². The molecule has 1 N–H and O–H groups in total. The molecule has 0 unspecified atom stereocenters. The normalized spacial score (nSPS) is 12.8. The van der Waals surface area contributed by atoms with Crippen LogP contribution < -0.4 is 10.1 Å². The molecular weight excluding hydrogens is 278 g/mol. The smallest absolute Gasteiger partial charge is 0.133 e. The zero-order valence-electron chi connectivity index (χ0n) is 12.2. The maximum atomic E-state index is 5.21. The summed E-state index contributed by atoms with van der Waals surface area (Å²) in [7, 11) is 1.66. The summed E-state index contributed by atoms with van der Waals surface area (Å²) < 4.78 is 7.13. The van der Waals surface area contributed by atoms with Crippen LogP contribution >= 0.6 is 0 Å². The van der Waals surface area contributed by atoms with E-state index in [-0.39, 0.29) is 0 Å². The lowest BCUT2D eigenvalue weighted by atomic mass is 10.1. The zero-order chi connectivity index (χ0) is 14.9. The van der Waals surface area contributed by atoms with Gasteiger partial charge in [-0.05, 0) is 30.7 Å². The highest BCUT2D eigenvalue weighted by Crippen LogP contribution is 2.33. The Morgan fingerprint density at radius 2 is 2.05 bits per heavy atom. The van der Waals surface area contributed by atoms with Gasteiger partial charge >= 0.3 is 0 Å². The van der Waals surface area contributed by atoms with Gasteiger partial charge in [0.05, 0.1) is 19.0 Å². The molecule has 0 spiro atoms. The third-order valence-electron chi connectivity index (χ3n) is 3.77. The van der Waals surface area contributed by atoms with E-state index < -0.39 is 0 Å². The van der Waals surface area contributed by atoms with Crippen LogP contribution in [0.2, 0.25) is 0 Å². The van der Waals surface area contributed by atoms with Crippen LogP contribution in [0.15, 0.2) is 42.9 Å². The van der Waals surface area contributed by atoms with Gasteiger partial charge in [-0.25, -0.2) is 4.68 Å². The predicted octanol–water partition coefficient (Wildman–Crippen LogP) is 2.31. The van der Waals surface area contributed by atoms with Gasteiger partial charge in [-0.2, -0.15) is 5.10 Å². The molecular formula is C16H15N5O. The van der Waals surface area contributed by atoms with Crippen molar-refractivity contribution in [3.8, 4) is 22.8 Å². The van der Waals surface area contributed by atoms with Crippen molar-refractivity contribution < 1.29 is 4.74 Å². The number of ether oxygens (including phenoxy) is 1. The van der Waals surface area contributed by atoms with Crippen LogP contribution in [0.4, 0.5) is 5.82 Å². The van der Waals surface area contributed by atoms with Crippen LogP contribution in [0.3, 0.4) is 0 Å². The van der Waals surface area contributed by atoms with E-state index in [1.54, 1.807) is 25.7 Å². The van der Waals surface area contributed by atoms with E-state index in [2.05, 4.69) is 15.3 Å². The van der Waals surface area contributed by atoms with E-state index in [1.165, 1.54) is 5.56 Å².